The zero-order valence-corrected chi connectivity index (χ0v) is 14.3. The number of amides is 1. The van der Waals surface area contributed by atoms with Gasteiger partial charge in [-0.15, -0.1) is 0 Å². The molecule has 0 radical (unpaired) electrons. The fourth-order valence-electron chi connectivity index (χ4n) is 3.47. The van der Waals surface area contributed by atoms with Crippen molar-refractivity contribution < 1.29 is 23.8 Å². The molecule has 0 N–H and O–H groups in total. The Balaban J connectivity index is 1.70. The first kappa shape index (κ1) is 16.8. The summed E-state index contributed by atoms with van der Waals surface area (Å²) in [7, 11) is 1.27. The second kappa shape index (κ2) is 6.55. The number of benzene rings is 2. The molecule has 4 rings (SSSR count). The molecule has 2 aliphatic rings. The number of morpholine rings is 1. The van der Waals surface area contributed by atoms with Crippen LogP contribution in [0.2, 0.25) is 0 Å². The Labute approximate surface area is 151 Å². The lowest BCUT2D eigenvalue weighted by Crippen LogP contribution is -2.53. The molecule has 2 bridgehead atoms. The zero-order chi connectivity index (χ0) is 18.1. The second-order valence-electron chi connectivity index (χ2n) is 6.40. The minimum Gasteiger partial charge on any atom is -0.467 e. The predicted octanol–water partition coefficient (Wildman–Crippen LogP) is 1.84. The maximum atomic E-state index is 12.9. The van der Waals surface area contributed by atoms with Crippen LogP contribution in [0.5, 0.6) is 0 Å². The van der Waals surface area contributed by atoms with Gasteiger partial charge in [0.25, 0.3) is 5.91 Å². The van der Waals surface area contributed by atoms with Gasteiger partial charge in [-0.25, -0.2) is 4.79 Å². The van der Waals surface area contributed by atoms with Crippen LogP contribution in [0.15, 0.2) is 60.7 Å². The minimum atomic E-state index is -1.17. The van der Waals surface area contributed by atoms with Crippen molar-refractivity contribution in [2.75, 3.05) is 13.7 Å². The number of fused-ring (bicyclic) bond motifs is 2. The molecule has 2 aromatic carbocycles. The van der Waals surface area contributed by atoms with Gasteiger partial charge in [0.2, 0.25) is 5.79 Å². The fourth-order valence-corrected chi connectivity index (χ4v) is 3.47. The van der Waals surface area contributed by atoms with Gasteiger partial charge in [0.05, 0.1) is 13.7 Å². The molecular formula is C20H19NO5. The average Bonchev–Trinajstić information content (AvgIpc) is 3.03. The van der Waals surface area contributed by atoms with Crippen LogP contribution in [0.3, 0.4) is 0 Å². The van der Waals surface area contributed by atoms with Gasteiger partial charge in [-0.3, -0.25) is 4.79 Å². The Morgan fingerprint density at radius 2 is 1.77 bits per heavy atom. The lowest BCUT2D eigenvalue weighted by Gasteiger charge is -2.38. The highest BCUT2D eigenvalue weighted by molar-refractivity contribution is 5.90. The zero-order valence-electron chi connectivity index (χ0n) is 14.3. The number of carbonyl (C=O) groups is 2. The number of nitrogens with zero attached hydrogens (tertiary/aromatic N) is 1. The van der Waals surface area contributed by atoms with E-state index in [-0.39, 0.29) is 12.5 Å². The molecule has 0 aliphatic carbocycles. The molecule has 0 aromatic heterocycles. The van der Waals surface area contributed by atoms with Crippen molar-refractivity contribution in [2.24, 2.45) is 0 Å². The van der Waals surface area contributed by atoms with Crippen molar-refractivity contribution in [3.8, 4) is 0 Å². The Morgan fingerprint density at radius 1 is 1.12 bits per heavy atom. The maximum Gasteiger partial charge on any atom is 0.338 e. The summed E-state index contributed by atoms with van der Waals surface area (Å²) in [5, 5.41) is 0. The summed E-state index contributed by atoms with van der Waals surface area (Å²) in [6.45, 7) is 0.625. The van der Waals surface area contributed by atoms with E-state index in [9.17, 15) is 9.59 Å². The van der Waals surface area contributed by atoms with Gasteiger partial charge in [0.15, 0.2) is 12.2 Å². The number of hydrogen-bond acceptors (Lipinski definition) is 5. The monoisotopic (exact) mass is 353 g/mol. The molecule has 3 atom stereocenters. The van der Waals surface area contributed by atoms with Gasteiger partial charge in [-0.1, -0.05) is 60.7 Å². The first-order valence-corrected chi connectivity index (χ1v) is 8.45. The molecule has 0 spiro atoms. The number of rotatable bonds is 4. The fraction of sp³-hybridized carbons (Fsp3) is 0.300. The van der Waals surface area contributed by atoms with Crippen LogP contribution in [0, 0.1) is 0 Å². The number of esters is 1. The molecule has 6 nitrogen and oxygen atoms in total. The van der Waals surface area contributed by atoms with Crippen molar-refractivity contribution in [2.45, 2.75) is 24.5 Å². The van der Waals surface area contributed by atoms with Gasteiger partial charge in [-0.05, 0) is 5.56 Å². The van der Waals surface area contributed by atoms with Gasteiger partial charge < -0.3 is 19.1 Å². The smallest absolute Gasteiger partial charge is 0.338 e. The SMILES string of the molecule is COC(=O)[C@@H]1O[C@@]2(c3ccccc3)CN(Cc3ccccc3)C(=O)[C@@H]1O2. The molecule has 2 saturated heterocycles. The van der Waals surface area contributed by atoms with Crippen molar-refractivity contribution in [3.05, 3.63) is 71.8 Å². The van der Waals surface area contributed by atoms with Crippen molar-refractivity contribution in [3.63, 3.8) is 0 Å². The molecule has 26 heavy (non-hydrogen) atoms. The van der Waals surface area contributed by atoms with E-state index >= 15 is 0 Å². The third-order valence-electron chi connectivity index (χ3n) is 4.73. The highest BCUT2D eigenvalue weighted by Crippen LogP contribution is 2.43. The van der Waals surface area contributed by atoms with Crippen LogP contribution < -0.4 is 0 Å². The van der Waals surface area contributed by atoms with Crippen molar-refractivity contribution in [1.82, 2.24) is 4.90 Å². The highest BCUT2D eigenvalue weighted by Gasteiger charge is 2.60. The van der Waals surface area contributed by atoms with E-state index in [1.165, 1.54) is 7.11 Å². The molecule has 2 aromatic rings. The third kappa shape index (κ3) is 2.77. The summed E-state index contributed by atoms with van der Waals surface area (Å²) in [6, 6.07) is 19.1. The largest absolute Gasteiger partial charge is 0.467 e. The van der Waals surface area contributed by atoms with Crippen LogP contribution in [-0.4, -0.2) is 42.6 Å². The summed E-state index contributed by atoms with van der Waals surface area (Å²) >= 11 is 0. The number of ether oxygens (including phenoxy) is 3. The van der Waals surface area contributed by atoms with E-state index in [2.05, 4.69) is 0 Å². The van der Waals surface area contributed by atoms with Crippen LogP contribution in [-0.2, 0) is 36.1 Å². The number of methoxy groups -OCH3 is 1. The Bertz CT molecular complexity index is 809. The van der Waals surface area contributed by atoms with Gasteiger partial charge in [0.1, 0.15) is 0 Å². The highest BCUT2D eigenvalue weighted by atomic mass is 16.8. The van der Waals surface area contributed by atoms with Gasteiger partial charge in [-0.2, -0.15) is 0 Å². The van der Waals surface area contributed by atoms with E-state index < -0.39 is 24.0 Å². The quantitative estimate of drug-likeness (QED) is 0.785. The van der Waals surface area contributed by atoms with E-state index in [0.717, 1.165) is 11.1 Å². The van der Waals surface area contributed by atoms with Crippen LogP contribution in [0.25, 0.3) is 0 Å². The summed E-state index contributed by atoms with van der Waals surface area (Å²) < 4.78 is 16.8. The van der Waals surface area contributed by atoms with E-state index in [4.69, 9.17) is 14.2 Å². The Hall–Kier alpha value is -2.70. The van der Waals surface area contributed by atoms with Crippen LogP contribution >= 0.6 is 0 Å². The molecule has 134 valence electrons. The molecule has 0 saturated carbocycles. The molecular weight excluding hydrogens is 334 g/mol. The lowest BCUT2D eigenvalue weighted by molar-refractivity contribution is -0.220. The summed E-state index contributed by atoms with van der Waals surface area (Å²) in [5.41, 5.74) is 1.77. The lowest BCUT2D eigenvalue weighted by atomic mass is 10.0. The van der Waals surface area contributed by atoms with Crippen LogP contribution in [0.1, 0.15) is 11.1 Å². The third-order valence-corrected chi connectivity index (χ3v) is 4.73. The van der Waals surface area contributed by atoms with Gasteiger partial charge >= 0.3 is 5.97 Å². The van der Waals surface area contributed by atoms with E-state index in [0.29, 0.717) is 6.54 Å². The predicted molar refractivity (Wildman–Crippen MR) is 91.7 cm³/mol. The molecule has 6 heteroatoms. The minimum absolute atomic E-state index is 0.203. The van der Waals surface area contributed by atoms with E-state index in [1.807, 2.05) is 60.7 Å². The molecule has 1 amide bonds. The second-order valence-corrected chi connectivity index (χ2v) is 6.40. The Morgan fingerprint density at radius 3 is 2.42 bits per heavy atom. The van der Waals surface area contributed by atoms with E-state index in [1.54, 1.807) is 4.90 Å². The number of carbonyl (C=O) groups excluding carboxylic acids is 2. The summed E-state index contributed by atoms with van der Waals surface area (Å²) in [6.07, 6.45) is -2.09. The summed E-state index contributed by atoms with van der Waals surface area (Å²) in [5.74, 6) is -2.05. The number of hydrogen-bond donors (Lipinski definition) is 0. The molecule has 2 heterocycles. The summed E-state index contributed by atoms with van der Waals surface area (Å²) in [4.78, 5) is 26.7. The molecule has 2 aliphatic heterocycles. The van der Waals surface area contributed by atoms with Gasteiger partial charge in [0, 0.05) is 12.1 Å². The first-order chi connectivity index (χ1) is 12.6. The molecule has 0 unspecified atom stereocenters. The first-order valence-electron chi connectivity index (χ1n) is 8.45. The van der Waals surface area contributed by atoms with Crippen LogP contribution in [0.4, 0.5) is 0 Å². The topological polar surface area (TPSA) is 65.1 Å². The standard InChI is InChI=1S/C20H19NO5/c1-24-19(23)17-16-18(22)21(12-14-8-4-2-5-9-14)13-20(25-16,26-17)15-10-6-3-7-11-15/h2-11,16-17H,12-13H2,1H3/t16-,17-,20-/m1/s1. The Kier molecular flexibility index (Phi) is 4.22. The normalized spacial score (nSPS) is 27.4. The molecule has 2 fully saturated rings. The van der Waals surface area contributed by atoms with Crippen molar-refractivity contribution >= 4 is 11.9 Å². The average molecular weight is 353 g/mol. The maximum absolute atomic E-state index is 12.9. The van der Waals surface area contributed by atoms with Crippen molar-refractivity contribution in [1.29, 1.82) is 0 Å².